The Hall–Kier alpha value is -1.56. The summed E-state index contributed by atoms with van der Waals surface area (Å²) in [6, 6.07) is 0.228. The first-order chi connectivity index (χ1) is 8.91. The molecule has 1 unspecified atom stereocenters. The third-order valence-electron chi connectivity index (χ3n) is 4.02. The third-order valence-corrected chi connectivity index (χ3v) is 4.02. The first-order valence-electron chi connectivity index (χ1n) is 6.75. The molecule has 1 amide bonds. The molecular weight excluding hydrogens is 242 g/mol. The molecule has 1 saturated heterocycles. The Morgan fingerprint density at radius 3 is 2.47 bits per heavy atom. The van der Waals surface area contributed by atoms with Crippen molar-refractivity contribution in [1.82, 2.24) is 9.78 Å². The summed E-state index contributed by atoms with van der Waals surface area (Å²) in [6.07, 6.45) is 2.08. The molecule has 1 fully saturated rings. The van der Waals surface area contributed by atoms with E-state index in [1.54, 1.807) is 4.68 Å². The van der Waals surface area contributed by atoms with Gasteiger partial charge >= 0.3 is 0 Å². The van der Waals surface area contributed by atoms with Gasteiger partial charge in [0.15, 0.2) is 0 Å². The highest BCUT2D eigenvalue weighted by atomic mass is 16.1. The lowest BCUT2D eigenvalue weighted by Gasteiger charge is -2.35. The molecule has 0 aromatic carbocycles. The number of nitrogens with zero attached hydrogens (tertiary/aromatic N) is 3. The molecule has 19 heavy (non-hydrogen) atoms. The van der Waals surface area contributed by atoms with E-state index in [0.29, 0.717) is 17.2 Å². The number of piperidine rings is 1. The zero-order valence-electron chi connectivity index (χ0n) is 11.9. The van der Waals surface area contributed by atoms with Crippen LogP contribution in [0.1, 0.15) is 35.8 Å². The van der Waals surface area contributed by atoms with Crippen LogP contribution in [0.3, 0.4) is 0 Å². The number of primary amides is 1. The second-order valence-corrected chi connectivity index (χ2v) is 5.46. The molecule has 2 rings (SSSR count). The van der Waals surface area contributed by atoms with Gasteiger partial charge in [0.2, 0.25) is 0 Å². The van der Waals surface area contributed by atoms with E-state index < -0.39 is 5.91 Å². The molecule has 0 spiro atoms. The zero-order valence-corrected chi connectivity index (χ0v) is 11.9. The molecule has 0 aliphatic carbocycles. The lowest BCUT2D eigenvalue weighted by molar-refractivity contribution is 0.1000. The van der Waals surface area contributed by atoms with Crippen LogP contribution in [0.4, 0.5) is 5.82 Å². The second kappa shape index (κ2) is 5.21. The van der Waals surface area contributed by atoms with Gasteiger partial charge < -0.3 is 16.4 Å². The summed E-state index contributed by atoms with van der Waals surface area (Å²) in [4.78, 5) is 13.8. The minimum atomic E-state index is -0.407. The predicted octanol–water partition coefficient (Wildman–Crippen LogP) is 0.391. The van der Waals surface area contributed by atoms with Crippen molar-refractivity contribution in [2.24, 2.45) is 24.4 Å². The van der Waals surface area contributed by atoms with E-state index in [1.165, 1.54) is 0 Å². The SMILES string of the molecule is Cc1nn(C)c(N2CCC(C(C)N)CC2)c1C(N)=O. The van der Waals surface area contributed by atoms with Crippen molar-refractivity contribution in [2.75, 3.05) is 18.0 Å². The minimum Gasteiger partial charge on any atom is -0.365 e. The van der Waals surface area contributed by atoms with E-state index in [4.69, 9.17) is 11.5 Å². The van der Waals surface area contributed by atoms with Crippen LogP contribution in [0.2, 0.25) is 0 Å². The fourth-order valence-electron chi connectivity index (χ4n) is 2.93. The summed E-state index contributed by atoms with van der Waals surface area (Å²) >= 11 is 0. The smallest absolute Gasteiger partial charge is 0.254 e. The predicted molar refractivity (Wildman–Crippen MR) is 75.0 cm³/mol. The van der Waals surface area contributed by atoms with Crippen LogP contribution >= 0.6 is 0 Å². The Morgan fingerprint density at radius 2 is 2.00 bits per heavy atom. The molecule has 106 valence electrons. The Labute approximate surface area is 113 Å². The Kier molecular flexibility index (Phi) is 3.80. The maximum atomic E-state index is 11.6. The van der Waals surface area contributed by atoms with E-state index in [9.17, 15) is 4.79 Å². The normalized spacial score (nSPS) is 18.6. The van der Waals surface area contributed by atoms with Crippen molar-refractivity contribution in [1.29, 1.82) is 0 Å². The molecule has 4 N–H and O–H groups in total. The van der Waals surface area contributed by atoms with Crippen LogP contribution in [0.25, 0.3) is 0 Å². The summed E-state index contributed by atoms with van der Waals surface area (Å²) in [7, 11) is 1.85. The van der Waals surface area contributed by atoms with Crippen molar-refractivity contribution < 1.29 is 4.79 Å². The van der Waals surface area contributed by atoms with Crippen LogP contribution in [-0.2, 0) is 7.05 Å². The first kappa shape index (κ1) is 13.9. The quantitative estimate of drug-likeness (QED) is 0.827. The maximum Gasteiger partial charge on any atom is 0.254 e. The number of nitrogens with two attached hydrogens (primary N) is 2. The van der Waals surface area contributed by atoms with Gasteiger partial charge in [0.25, 0.3) is 5.91 Å². The molecule has 0 saturated carbocycles. The number of amides is 1. The van der Waals surface area contributed by atoms with Crippen LogP contribution in [0.5, 0.6) is 0 Å². The fraction of sp³-hybridized carbons (Fsp3) is 0.692. The highest BCUT2D eigenvalue weighted by molar-refractivity contribution is 5.99. The van der Waals surface area contributed by atoms with Crippen molar-refractivity contribution in [3.05, 3.63) is 11.3 Å². The number of carbonyl (C=O) groups excluding carboxylic acids is 1. The highest BCUT2D eigenvalue weighted by Crippen LogP contribution is 2.28. The van der Waals surface area contributed by atoms with Gasteiger partial charge in [-0.15, -0.1) is 0 Å². The topological polar surface area (TPSA) is 90.2 Å². The molecular formula is C13H23N5O. The van der Waals surface area contributed by atoms with Gasteiger partial charge in [0.05, 0.1) is 5.69 Å². The van der Waals surface area contributed by atoms with Crippen molar-refractivity contribution in [2.45, 2.75) is 32.7 Å². The summed E-state index contributed by atoms with van der Waals surface area (Å²) in [6.45, 7) is 5.67. The van der Waals surface area contributed by atoms with Gasteiger partial charge in [-0.25, -0.2) is 0 Å². The number of rotatable bonds is 3. The number of hydrogen-bond acceptors (Lipinski definition) is 4. The summed E-state index contributed by atoms with van der Waals surface area (Å²) in [5, 5.41) is 4.31. The average Bonchev–Trinajstić information content (AvgIpc) is 2.64. The van der Waals surface area contributed by atoms with Crippen molar-refractivity contribution in [3.8, 4) is 0 Å². The molecule has 0 radical (unpaired) electrons. The van der Waals surface area contributed by atoms with E-state index in [2.05, 4.69) is 16.9 Å². The van der Waals surface area contributed by atoms with E-state index in [1.807, 2.05) is 14.0 Å². The number of carbonyl (C=O) groups is 1. The lowest BCUT2D eigenvalue weighted by Crippen LogP contribution is -2.41. The Morgan fingerprint density at radius 1 is 1.42 bits per heavy atom. The number of hydrogen-bond donors (Lipinski definition) is 2. The van der Waals surface area contributed by atoms with Gasteiger partial charge in [-0.05, 0) is 32.6 Å². The monoisotopic (exact) mass is 265 g/mol. The Balaban J connectivity index is 2.22. The average molecular weight is 265 g/mol. The minimum absolute atomic E-state index is 0.228. The molecule has 6 nitrogen and oxygen atoms in total. The van der Waals surface area contributed by atoms with Gasteiger partial charge in [-0.1, -0.05) is 0 Å². The van der Waals surface area contributed by atoms with E-state index in [-0.39, 0.29) is 6.04 Å². The summed E-state index contributed by atoms with van der Waals surface area (Å²) in [5.41, 5.74) is 12.7. The lowest BCUT2D eigenvalue weighted by atomic mass is 9.91. The number of aromatic nitrogens is 2. The first-order valence-corrected chi connectivity index (χ1v) is 6.75. The second-order valence-electron chi connectivity index (χ2n) is 5.46. The Bertz CT molecular complexity index is 472. The van der Waals surface area contributed by atoms with Gasteiger partial charge in [0.1, 0.15) is 11.4 Å². The van der Waals surface area contributed by atoms with Gasteiger partial charge in [0, 0.05) is 26.2 Å². The fourth-order valence-corrected chi connectivity index (χ4v) is 2.93. The number of aryl methyl sites for hydroxylation is 2. The number of anilines is 1. The maximum absolute atomic E-state index is 11.6. The molecule has 1 aromatic heterocycles. The van der Waals surface area contributed by atoms with Gasteiger partial charge in [-0.2, -0.15) is 5.10 Å². The van der Waals surface area contributed by atoms with Crippen molar-refractivity contribution in [3.63, 3.8) is 0 Å². The molecule has 1 aliphatic heterocycles. The molecule has 1 atom stereocenters. The van der Waals surface area contributed by atoms with Crippen LogP contribution in [0.15, 0.2) is 0 Å². The van der Waals surface area contributed by atoms with Crippen LogP contribution in [-0.4, -0.2) is 34.8 Å². The standard InChI is InChI=1S/C13H23N5O/c1-8(14)10-4-6-18(7-5-10)13-11(12(15)19)9(2)16-17(13)3/h8,10H,4-7,14H2,1-3H3,(H2,15,19). The van der Waals surface area contributed by atoms with Crippen LogP contribution in [0, 0.1) is 12.8 Å². The molecule has 2 heterocycles. The largest absolute Gasteiger partial charge is 0.365 e. The molecule has 1 aliphatic rings. The third kappa shape index (κ3) is 2.58. The molecule has 6 heteroatoms. The highest BCUT2D eigenvalue weighted by Gasteiger charge is 2.27. The van der Waals surface area contributed by atoms with Crippen LogP contribution < -0.4 is 16.4 Å². The van der Waals surface area contributed by atoms with Gasteiger partial charge in [-0.3, -0.25) is 9.48 Å². The van der Waals surface area contributed by atoms with Crippen molar-refractivity contribution >= 4 is 11.7 Å². The van der Waals surface area contributed by atoms with E-state index >= 15 is 0 Å². The zero-order chi connectivity index (χ0) is 14.2. The molecule has 0 bridgehead atoms. The summed E-state index contributed by atoms with van der Waals surface area (Å²) < 4.78 is 1.75. The summed E-state index contributed by atoms with van der Waals surface area (Å²) in [5.74, 6) is 0.991. The van der Waals surface area contributed by atoms with E-state index in [0.717, 1.165) is 31.7 Å². The molecule has 1 aromatic rings.